The van der Waals surface area contributed by atoms with E-state index in [2.05, 4.69) is 6.92 Å². The van der Waals surface area contributed by atoms with Gasteiger partial charge in [0.05, 0.1) is 6.54 Å². The van der Waals surface area contributed by atoms with E-state index < -0.39 is 0 Å². The van der Waals surface area contributed by atoms with Gasteiger partial charge in [0.25, 0.3) is 0 Å². The van der Waals surface area contributed by atoms with Gasteiger partial charge in [0.15, 0.2) is 0 Å². The molecule has 1 aliphatic rings. The molecule has 1 saturated heterocycles. The van der Waals surface area contributed by atoms with Crippen LogP contribution in [0.15, 0.2) is 0 Å². The summed E-state index contributed by atoms with van der Waals surface area (Å²) < 4.78 is 0. The van der Waals surface area contributed by atoms with Crippen molar-refractivity contribution in [3.8, 4) is 0 Å². The van der Waals surface area contributed by atoms with Gasteiger partial charge in [-0.25, -0.2) is 0 Å². The second-order valence-corrected chi connectivity index (χ2v) is 3.87. The maximum absolute atomic E-state index is 10.7. The third kappa shape index (κ3) is 2.97. The van der Waals surface area contributed by atoms with E-state index in [1.165, 1.54) is 0 Å². The molecule has 1 fully saturated rings. The molecule has 2 unspecified atom stereocenters. The first-order valence-corrected chi connectivity index (χ1v) is 4.76. The van der Waals surface area contributed by atoms with Gasteiger partial charge < -0.3 is 10.8 Å². The van der Waals surface area contributed by atoms with Crippen LogP contribution in [-0.2, 0) is 4.79 Å². The van der Waals surface area contributed by atoms with E-state index in [1.54, 1.807) is 0 Å². The Kier molecular flexibility index (Phi) is 3.69. The zero-order valence-corrected chi connectivity index (χ0v) is 8.07. The van der Waals surface area contributed by atoms with Crippen molar-refractivity contribution in [2.24, 2.45) is 11.7 Å². The molecule has 4 nitrogen and oxygen atoms in total. The maximum atomic E-state index is 10.7. The number of piperidine rings is 1. The topological polar surface area (TPSA) is 66.6 Å². The number of primary amides is 1. The number of likely N-dealkylation sites (tertiary alicyclic amines) is 1. The van der Waals surface area contributed by atoms with E-state index in [0.29, 0.717) is 18.5 Å². The predicted molar refractivity (Wildman–Crippen MR) is 50.0 cm³/mol. The van der Waals surface area contributed by atoms with Crippen LogP contribution in [0.1, 0.15) is 19.8 Å². The van der Waals surface area contributed by atoms with Gasteiger partial charge in [0.2, 0.25) is 5.91 Å². The fraction of sp³-hybridized carbons (Fsp3) is 0.889. The summed E-state index contributed by atoms with van der Waals surface area (Å²) in [6.07, 6.45) is 2.09. The van der Waals surface area contributed by atoms with Crippen LogP contribution in [0, 0.1) is 5.92 Å². The molecule has 1 rings (SSSR count). The van der Waals surface area contributed by atoms with Crippen LogP contribution in [-0.4, -0.2) is 41.7 Å². The normalized spacial score (nSPS) is 30.3. The van der Waals surface area contributed by atoms with E-state index >= 15 is 0 Å². The molecule has 4 heteroatoms. The van der Waals surface area contributed by atoms with Crippen LogP contribution in [0.5, 0.6) is 0 Å². The van der Waals surface area contributed by atoms with Crippen LogP contribution in [0.3, 0.4) is 0 Å². The average molecular weight is 186 g/mol. The monoisotopic (exact) mass is 186 g/mol. The number of aliphatic hydroxyl groups excluding tert-OH is 1. The summed E-state index contributed by atoms with van der Waals surface area (Å²) in [5.41, 5.74) is 5.13. The first-order valence-electron chi connectivity index (χ1n) is 4.76. The number of amides is 1. The smallest absolute Gasteiger partial charge is 0.231 e. The number of carbonyl (C=O) groups excluding carboxylic acids is 1. The van der Waals surface area contributed by atoms with E-state index in [0.717, 1.165) is 19.4 Å². The third-order valence-corrected chi connectivity index (χ3v) is 2.73. The molecule has 0 radical (unpaired) electrons. The lowest BCUT2D eigenvalue weighted by Crippen LogP contribution is -2.46. The minimum atomic E-state index is -0.287. The van der Waals surface area contributed by atoms with Crippen LogP contribution in [0.25, 0.3) is 0 Å². The number of hydrogen-bond acceptors (Lipinski definition) is 3. The second kappa shape index (κ2) is 4.58. The molecule has 76 valence electrons. The quantitative estimate of drug-likeness (QED) is 0.628. The Morgan fingerprint density at radius 1 is 1.62 bits per heavy atom. The Bertz CT molecular complexity index is 184. The summed E-state index contributed by atoms with van der Waals surface area (Å²) in [6.45, 7) is 3.41. The van der Waals surface area contributed by atoms with Crippen molar-refractivity contribution in [1.82, 2.24) is 4.90 Å². The highest BCUT2D eigenvalue weighted by Crippen LogP contribution is 2.20. The molecule has 1 aliphatic heterocycles. The lowest BCUT2D eigenvalue weighted by Gasteiger charge is -2.36. The lowest BCUT2D eigenvalue weighted by molar-refractivity contribution is -0.120. The molecule has 0 spiro atoms. The van der Waals surface area contributed by atoms with Crippen molar-refractivity contribution in [1.29, 1.82) is 0 Å². The van der Waals surface area contributed by atoms with Gasteiger partial charge in [-0.3, -0.25) is 9.69 Å². The Morgan fingerprint density at radius 3 is 2.85 bits per heavy atom. The number of carbonyl (C=O) groups is 1. The Morgan fingerprint density at radius 2 is 2.31 bits per heavy atom. The SMILES string of the molecule is CC1CCC(CO)CN1CC(N)=O. The van der Waals surface area contributed by atoms with Crippen molar-refractivity contribution in [2.75, 3.05) is 19.7 Å². The Hall–Kier alpha value is -0.610. The molecule has 0 bridgehead atoms. The molecular weight excluding hydrogens is 168 g/mol. The highest BCUT2D eigenvalue weighted by Gasteiger charge is 2.25. The fourth-order valence-corrected chi connectivity index (χ4v) is 1.83. The van der Waals surface area contributed by atoms with Crippen LogP contribution < -0.4 is 5.73 Å². The van der Waals surface area contributed by atoms with Gasteiger partial charge >= 0.3 is 0 Å². The highest BCUT2D eigenvalue weighted by atomic mass is 16.3. The zero-order valence-electron chi connectivity index (χ0n) is 8.07. The van der Waals surface area contributed by atoms with E-state index in [4.69, 9.17) is 10.8 Å². The predicted octanol–water partition coefficient (Wildman–Crippen LogP) is -0.435. The van der Waals surface area contributed by atoms with Crippen molar-refractivity contribution < 1.29 is 9.90 Å². The number of rotatable bonds is 3. The van der Waals surface area contributed by atoms with Gasteiger partial charge in [0.1, 0.15) is 0 Å². The first-order chi connectivity index (χ1) is 6.13. The zero-order chi connectivity index (χ0) is 9.84. The van der Waals surface area contributed by atoms with Crippen LogP contribution in [0.4, 0.5) is 0 Å². The van der Waals surface area contributed by atoms with Gasteiger partial charge in [0, 0.05) is 19.2 Å². The average Bonchev–Trinajstić information content (AvgIpc) is 2.08. The van der Waals surface area contributed by atoms with Crippen LogP contribution >= 0.6 is 0 Å². The molecule has 0 saturated carbocycles. The van der Waals surface area contributed by atoms with Crippen molar-refractivity contribution in [3.05, 3.63) is 0 Å². The summed E-state index contributed by atoms with van der Waals surface area (Å²) in [7, 11) is 0. The van der Waals surface area contributed by atoms with Gasteiger partial charge in [-0.15, -0.1) is 0 Å². The molecular formula is C9H18N2O2. The second-order valence-electron chi connectivity index (χ2n) is 3.87. The van der Waals surface area contributed by atoms with E-state index in [-0.39, 0.29) is 12.5 Å². The molecule has 0 aromatic carbocycles. The minimum Gasteiger partial charge on any atom is -0.396 e. The molecule has 1 amide bonds. The molecule has 1 heterocycles. The molecule has 2 atom stereocenters. The maximum Gasteiger partial charge on any atom is 0.231 e. The summed E-state index contributed by atoms with van der Waals surface area (Å²) in [4.78, 5) is 12.8. The summed E-state index contributed by atoms with van der Waals surface area (Å²) in [6, 6.07) is 0.412. The fourth-order valence-electron chi connectivity index (χ4n) is 1.83. The third-order valence-electron chi connectivity index (χ3n) is 2.73. The minimum absolute atomic E-state index is 0.210. The van der Waals surface area contributed by atoms with Crippen molar-refractivity contribution in [2.45, 2.75) is 25.8 Å². The number of hydrogen-bond donors (Lipinski definition) is 2. The number of nitrogens with two attached hydrogens (primary N) is 1. The van der Waals surface area contributed by atoms with Gasteiger partial charge in [-0.2, -0.15) is 0 Å². The molecule has 0 aliphatic carbocycles. The lowest BCUT2D eigenvalue weighted by atomic mass is 9.94. The molecule has 0 aromatic heterocycles. The molecule has 13 heavy (non-hydrogen) atoms. The summed E-state index contributed by atoms with van der Waals surface area (Å²) in [5.74, 6) is 0.0287. The first kappa shape index (κ1) is 10.5. The van der Waals surface area contributed by atoms with Gasteiger partial charge in [-0.05, 0) is 25.7 Å². The molecule has 0 aromatic rings. The van der Waals surface area contributed by atoms with Gasteiger partial charge in [-0.1, -0.05) is 0 Å². The Labute approximate surface area is 78.7 Å². The Balaban J connectivity index is 2.44. The highest BCUT2D eigenvalue weighted by molar-refractivity contribution is 5.75. The largest absolute Gasteiger partial charge is 0.396 e. The number of aliphatic hydroxyl groups is 1. The van der Waals surface area contributed by atoms with E-state index in [9.17, 15) is 4.79 Å². The van der Waals surface area contributed by atoms with Crippen LogP contribution in [0.2, 0.25) is 0 Å². The summed E-state index contributed by atoms with van der Waals surface area (Å²) in [5, 5.41) is 8.99. The summed E-state index contributed by atoms with van der Waals surface area (Å²) >= 11 is 0. The van der Waals surface area contributed by atoms with E-state index in [1.807, 2.05) is 4.90 Å². The number of nitrogens with zero attached hydrogens (tertiary/aromatic N) is 1. The van der Waals surface area contributed by atoms with Crippen molar-refractivity contribution >= 4 is 5.91 Å². The van der Waals surface area contributed by atoms with Crippen molar-refractivity contribution in [3.63, 3.8) is 0 Å². The molecule has 3 N–H and O–H groups in total. The standard InChI is InChI=1S/C9H18N2O2/c1-7-2-3-8(6-12)4-11(7)5-9(10)13/h7-8,12H,2-6H2,1H3,(H2,10,13).